The molecular formula is C12H17N3O3S3. The van der Waals surface area contributed by atoms with Crippen LogP contribution >= 0.6 is 23.1 Å². The van der Waals surface area contributed by atoms with Crippen LogP contribution in [0.4, 0.5) is 0 Å². The maximum absolute atomic E-state index is 12.1. The number of thiazole rings is 1. The first kappa shape index (κ1) is 16.5. The molecule has 0 bridgehead atoms. The monoisotopic (exact) mass is 347 g/mol. The van der Waals surface area contributed by atoms with Crippen LogP contribution in [0.3, 0.4) is 0 Å². The molecule has 2 heterocycles. The van der Waals surface area contributed by atoms with E-state index in [9.17, 15) is 13.2 Å². The molecule has 1 aromatic rings. The van der Waals surface area contributed by atoms with E-state index >= 15 is 0 Å². The molecule has 1 aliphatic rings. The Hall–Kier alpha value is -0.900. The van der Waals surface area contributed by atoms with Gasteiger partial charge in [-0.3, -0.25) is 4.79 Å². The molecule has 1 aliphatic heterocycles. The van der Waals surface area contributed by atoms with Gasteiger partial charge in [0.1, 0.15) is 0 Å². The summed E-state index contributed by atoms with van der Waals surface area (Å²) >= 11 is 3.21. The van der Waals surface area contributed by atoms with Gasteiger partial charge < -0.3 is 5.32 Å². The first-order valence-electron chi connectivity index (χ1n) is 6.47. The van der Waals surface area contributed by atoms with Crippen molar-refractivity contribution >= 4 is 45.1 Å². The maximum atomic E-state index is 12.1. The molecule has 21 heavy (non-hydrogen) atoms. The Balaban J connectivity index is 1.74. The SMILES string of the molecule is O=C(/C=C\c1cscn1)NCCS(=O)(=O)N1CCSCC1. The maximum Gasteiger partial charge on any atom is 0.244 e. The number of nitrogens with one attached hydrogen (secondary N) is 1. The predicted molar refractivity (Wildman–Crippen MR) is 86.8 cm³/mol. The van der Waals surface area contributed by atoms with Crippen LogP contribution in [0, 0.1) is 0 Å². The summed E-state index contributed by atoms with van der Waals surface area (Å²) in [5.74, 6) is 1.30. The Morgan fingerprint density at radius 2 is 2.19 bits per heavy atom. The van der Waals surface area contributed by atoms with Crippen molar-refractivity contribution in [2.75, 3.05) is 36.9 Å². The molecule has 0 saturated carbocycles. The quantitative estimate of drug-likeness (QED) is 0.765. The third-order valence-electron chi connectivity index (χ3n) is 2.88. The largest absolute Gasteiger partial charge is 0.351 e. The van der Waals surface area contributed by atoms with Gasteiger partial charge in [-0.25, -0.2) is 17.7 Å². The smallest absolute Gasteiger partial charge is 0.244 e. The third-order valence-corrected chi connectivity index (χ3v) is 6.30. The number of carbonyl (C=O) groups is 1. The van der Waals surface area contributed by atoms with E-state index in [1.165, 1.54) is 21.7 Å². The van der Waals surface area contributed by atoms with Crippen molar-refractivity contribution < 1.29 is 13.2 Å². The highest BCUT2D eigenvalue weighted by Crippen LogP contribution is 2.12. The van der Waals surface area contributed by atoms with E-state index in [2.05, 4.69) is 10.3 Å². The number of nitrogens with zero attached hydrogens (tertiary/aromatic N) is 2. The van der Waals surface area contributed by atoms with Crippen molar-refractivity contribution in [3.63, 3.8) is 0 Å². The fourth-order valence-electron chi connectivity index (χ4n) is 1.78. The van der Waals surface area contributed by atoms with Gasteiger partial charge in [-0.2, -0.15) is 11.8 Å². The van der Waals surface area contributed by atoms with Crippen LogP contribution in [0.5, 0.6) is 0 Å². The summed E-state index contributed by atoms with van der Waals surface area (Å²) in [6.07, 6.45) is 2.96. The first-order valence-corrected chi connectivity index (χ1v) is 10.2. The van der Waals surface area contributed by atoms with E-state index < -0.39 is 10.0 Å². The molecule has 1 amide bonds. The van der Waals surface area contributed by atoms with Gasteiger partial charge in [0, 0.05) is 42.6 Å². The van der Waals surface area contributed by atoms with Gasteiger partial charge in [0.25, 0.3) is 0 Å². The minimum Gasteiger partial charge on any atom is -0.351 e. The third kappa shape index (κ3) is 5.42. The van der Waals surface area contributed by atoms with E-state index in [1.807, 2.05) is 5.38 Å². The second-order valence-electron chi connectivity index (χ2n) is 4.37. The lowest BCUT2D eigenvalue weighted by molar-refractivity contribution is -0.116. The average Bonchev–Trinajstić information content (AvgIpc) is 2.99. The number of aromatic nitrogens is 1. The van der Waals surface area contributed by atoms with Gasteiger partial charge in [-0.05, 0) is 6.08 Å². The molecule has 1 aromatic heterocycles. The zero-order valence-electron chi connectivity index (χ0n) is 11.4. The molecule has 0 radical (unpaired) electrons. The molecule has 116 valence electrons. The van der Waals surface area contributed by atoms with Crippen LogP contribution < -0.4 is 5.32 Å². The normalized spacial score (nSPS) is 17.1. The second kappa shape index (κ2) is 7.92. The number of rotatable bonds is 6. The molecule has 9 heteroatoms. The lowest BCUT2D eigenvalue weighted by Gasteiger charge is -2.25. The summed E-state index contributed by atoms with van der Waals surface area (Å²) in [6, 6.07) is 0. The summed E-state index contributed by atoms with van der Waals surface area (Å²) in [5, 5.41) is 4.40. The number of hydrogen-bond donors (Lipinski definition) is 1. The highest BCUT2D eigenvalue weighted by molar-refractivity contribution is 7.99. The summed E-state index contributed by atoms with van der Waals surface area (Å²) in [7, 11) is -3.27. The zero-order valence-corrected chi connectivity index (χ0v) is 13.8. The number of carbonyl (C=O) groups excluding carboxylic acids is 1. The van der Waals surface area contributed by atoms with E-state index in [0.29, 0.717) is 18.8 Å². The fraction of sp³-hybridized carbons (Fsp3) is 0.500. The molecule has 0 atom stereocenters. The first-order chi connectivity index (χ1) is 10.1. The molecule has 1 fully saturated rings. The van der Waals surface area contributed by atoms with Crippen LogP contribution in [0.2, 0.25) is 0 Å². The highest BCUT2D eigenvalue weighted by atomic mass is 32.2. The zero-order chi connectivity index (χ0) is 15.1. The van der Waals surface area contributed by atoms with Crippen molar-refractivity contribution in [2.45, 2.75) is 0 Å². The Bertz CT molecular complexity index is 578. The number of thioether (sulfide) groups is 1. The van der Waals surface area contributed by atoms with Crippen LogP contribution in [0.25, 0.3) is 6.08 Å². The van der Waals surface area contributed by atoms with Crippen LogP contribution in [0.1, 0.15) is 5.69 Å². The molecule has 1 N–H and O–H groups in total. The van der Waals surface area contributed by atoms with Crippen molar-refractivity contribution in [3.8, 4) is 0 Å². The highest BCUT2D eigenvalue weighted by Gasteiger charge is 2.23. The van der Waals surface area contributed by atoms with Crippen molar-refractivity contribution in [3.05, 3.63) is 22.7 Å². The summed E-state index contributed by atoms with van der Waals surface area (Å²) < 4.78 is 25.6. The molecule has 0 spiro atoms. The van der Waals surface area contributed by atoms with Gasteiger partial charge in [0.2, 0.25) is 15.9 Å². The van der Waals surface area contributed by atoms with E-state index in [1.54, 1.807) is 23.3 Å². The molecule has 1 saturated heterocycles. The van der Waals surface area contributed by atoms with Gasteiger partial charge in [0.15, 0.2) is 0 Å². The van der Waals surface area contributed by atoms with Crippen LogP contribution in [0.15, 0.2) is 17.0 Å². The molecule has 0 aliphatic carbocycles. The summed E-state index contributed by atoms with van der Waals surface area (Å²) in [4.78, 5) is 15.6. The van der Waals surface area contributed by atoms with Crippen molar-refractivity contribution in [1.82, 2.24) is 14.6 Å². The van der Waals surface area contributed by atoms with Gasteiger partial charge in [0.05, 0.1) is 17.0 Å². The molecule has 2 rings (SSSR count). The van der Waals surface area contributed by atoms with E-state index in [-0.39, 0.29) is 18.2 Å². The number of sulfonamides is 1. The summed E-state index contributed by atoms with van der Waals surface area (Å²) in [6.45, 7) is 1.24. The van der Waals surface area contributed by atoms with Gasteiger partial charge in [-0.1, -0.05) is 0 Å². The standard InChI is InChI=1S/C12H17N3O3S3/c16-12(2-1-11-9-20-10-14-11)13-3-8-21(17,18)15-4-6-19-7-5-15/h1-2,9-10H,3-8H2,(H,13,16)/b2-1-. The van der Waals surface area contributed by atoms with E-state index in [0.717, 1.165) is 11.5 Å². The summed E-state index contributed by atoms with van der Waals surface area (Å²) in [5.41, 5.74) is 2.40. The van der Waals surface area contributed by atoms with Crippen LogP contribution in [-0.2, 0) is 14.8 Å². The van der Waals surface area contributed by atoms with E-state index in [4.69, 9.17) is 0 Å². The number of hydrogen-bond acceptors (Lipinski definition) is 6. The molecule has 0 unspecified atom stereocenters. The second-order valence-corrected chi connectivity index (χ2v) is 8.40. The lowest BCUT2D eigenvalue weighted by Crippen LogP contribution is -2.41. The Morgan fingerprint density at radius 1 is 1.43 bits per heavy atom. The fourth-order valence-corrected chi connectivity index (χ4v) is 4.79. The Morgan fingerprint density at radius 3 is 2.86 bits per heavy atom. The Labute approximate surface area is 132 Å². The predicted octanol–water partition coefficient (Wildman–Crippen LogP) is 0.651. The van der Waals surface area contributed by atoms with Crippen molar-refractivity contribution in [1.29, 1.82) is 0 Å². The molecular weight excluding hydrogens is 330 g/mol. The number of amides is 1. The molecule has 0 aromatic carbocycles. The average molecular weight is 347 g/mol. The minimum absolute atomic E-state index is 0.0616. The van der Waals surface area contributed by atoms with Gasteiger partial charge >= 0.3 is 0 Å². The Kier molecular flexibility index (Phi) is 6.22. The van der Waals surface area contributed by atoms with Gasteiger partial charge in [-0.15, -0.1) is 11.3 Å². The topological polar surface area (TPSA) is 79.4 Å². The minimum atomic E-state index is -3.27. The molecule has 6 nitrogen and oxygen atoms in total. The van der Waals surface area contributed by atoms with Crippen molar-refractivity contribution in [2.24, 2.45) is 0 Å². The van der Waals surface area contributed by atoms with Crippen LogP contribution in [-0.4, -0.2) is 60.5 Å². The lowest BCUT2D eigenvalue weighted by atomic mass is 10.4.